The van der Waals surface area contributed by atoms with Gasteiger partial charge in [0.05, 0.1) is 6.10 Å². The minimum Gasteiger partial charge on any atom is -0.388 e. The number of ether oxygens (including phenoxy) is 1. The lowest BCUT2D eigenvalue weighted by Gasteiger charge is -2.17. The van der Waals surface area contributed by atoms with Crippen LogP contribution in [0.5, 0.6) is 0 Å². The van der Waals surface area contributed by atoms with E-state index in [0.717, 1.165) is 4.57 Å². The van der Waals surface area contributed by atoms with E-state index in [4.69, 9.17) is 4.74 Å². The number of carbonyl (C=O) groups excluding carboxylic acids is 1. The Morgan fingerprint density at radius 2 is 1.96 bits per heavy atom. The fourth-order valence-corrected chi connectivity index (χ4v) is 2.75. The van der Waals surface area contributed by atoms with Gasteiger partial charge in [-0.05, 0) is 24.6 Å². The molecule has 8 heteroatoms. The summed E-state index contributed by atoms with van der Waals surface area (Å²) in [6.07, 6.45) is -1.99. The molecule has 3 rings (SSSR count). The van der Waals surface area contributed by atoms with E-state index in [1.807, 2.05) is 6.92 Å². The fraction of sp³-hybridized carbons (Fsp3) is 0.353. The maximum absolute atomic E-state index is 12.2. The van der Waals surface area contributed by atoms with Crippen molar-refractivity contribution in [3.8, 4) is 0 Å². The highest BCUT2D eigenvalue weighted by molar-refractivity contribution is 6.03. The van der Waals surface area contributed by atoms with Crippen LogP contribution in [-0.4, -0.2) is 44.0 Å². The highest BCUT2D eigenvalue weighted by Gasteiger charge is 2.43. The molecule has 132 valence electrons. The van der Waals surface area contributed by atoms with Gasteiger partial charge in [0.1, 0.15) is 18.0 Å². The van der Waals surface area contributed by atoms with Crippen molar-refractivity contribution in [2.45, 2.75) is 37.9 Å². The Bertz CT molecular complexity index is 807. The Morgan fingerprint density at radius 3 is 2.56 bits per heavy atom. The smallest absolute Gasteiger partial charge is 0.351 e. The monoisotopic (exact) mass is 345 g/mol. The summed E-state index contributed by atoms with van der Waals surface area (Å²) >= 11 is 0. The van der Waals surface area contributed by atoms with E-state index in [0.29, 0.717) is 12.0 Å². The number of hydrogen-bond acceptors (Lipinski definition) is 6. The predicted molar refractivity (Wildman–Crippen MR) is 89.1 cm³/mol. The number of nitrogens with zero attached hydrogens (tertiary/aromatic N) is 2. The van der Waals surface area contributed by atoms with Gasteiger partial charge in [-0.25, -0.2) is 4.79 Å². The lowest BCUT2D eigenvalue weighted by molar-refractivity contribution is -0.0403. The number of anilines is 1. The molecular formula is C17H19N3O5. The van der Waals surface area contributed by atoms with Gasteiger partial charge in [-0.3, -0.25) is 9.36 Å². The quantitative estimate of drug-likeness (QED) is 0.745. The highest BCUT2D eigenvalue weighted by atomic mass is 16.6. The largest absolute Gasteiger partial charge is 0.388 e. The second-order valence-electron chi connectivity index (χ2n) is 5.78. The van der Waals surface area contributed by atoms with Gasteiger partial charge in [0.25, 0.3) is 5.91 Å². The molecule has 4 atom stereocenters. The van der Waals surface area contributed by atoms with Crippen LogP contribution in [0.3, 0.4) is 0 Å². The fourth-order valence-electron chi connectivity index (χ4n) is 2.75. The molecule has 1 aromatic heterocycles. The number of amides is 1. The van der Waals surface area contributed by atoms with E-state index in [1.54, 1.807) is 30.3 Å². The lowest BCUT2D eigenvalue weighted by Crippen LogP contribution is -2.35. The predicted octanol–water partition coefficient (Wildman–Crippen LogP) is 0.525. The number of carbonyl (C=O) groups is 1. The van der Waals surface area contributed by atoms with E-state index >= 15 is 0 Å². The van der Waals surface area contributed by atoms with Crippen LogP contribution in [-0.2, 0) is 4.74 Å². The van der Waals surface area contributed by atoms with Crippen molar-refractivity contribution in [1.82, 2.24) is 9.55 Å². The number of benzene rings is 1. The lowest BCUT2D eigenvalue weighted by atomic mass is 10.1. The number of hydrogen-bond donors (Lipinski definition) is 3. The van der Waals surface area contributed by atoms with Crippen LogP contribution in [0, 0.1) is 0 Å². The van der Waals surface area contributed by atoms with Crippen molar-refractivity contribution in [2.75, 3.05) is 5.32 Å². The maximum atomic E-state index is 12.2. The number of aromatic nitrogens is 2. The van der Waals surface area contributed by atoms with E-state index in [2.05, 4.69) is 10.3 Å². The standard InChI is InChI=1S/C17H19N3O5/c1-2-11-13(21)14(22)16(25-11)20-9-8-12(19-17(20)24)18-15(23)10-6-4-3-5-7-10/h3-9,11,13-14,16,21-22H,2H2,1H3,(H,18,19,23,24)/t11-,13?,14+,16-/m1/s1. The molecule has 1 aliphatic rings. The van der Waals surface area contributed by atoms with Gasteiger partial charge in [-0.15, -0.1) is 0 Å². The third kappa shape index (κ3) is 3.46. The average Bonchev–Trinajstić information content (AvgIpc) is 2.91. The summed E-state index contributed by atoms with van der Waals surface area (Å²) in [6, 6.07) is 9.98. The van der Waals surface area contributed by atoms with Crippen molar-refractivity contribution in [3.05, 3.63) is 58.6 Å². The Kier molecular flexibility index (Phi) is 4.93. The van der Waals surface area contributed by atoms with Gasteiger partial charge in [0, 0.05) is 11.8 Å². The first-order chi connectivity index (χ1) is 12.0. The Hall–Kier alpha value is -2.55. The Morgan fingerprint density at radius 1 is 1.24 bits per heavy atom. The van der Waals surface area contributed by atoms with E-state index in [9.17, 15) is 19.8 Å². The molecule has 0 saturated carbocycles. The molecule has 2 aromatic rings. The van der Waals surface area contributed by atoms with Gasteiger partial charge >= 0.3 is 5.69 Å². The Balaban J connectivity index is 1.78. The third-order valence-corrected chi connectivity index (χ3v) is 4.12. The first-order valence-corrected chi connectivity index (χ1v) is 7.98. The van der Waals surface area contributed by atoms with Gasteiger partial charge in [-0.1, -0.05) is 25.1 Å². The van der Waals surface area contributed by atoms with Crippen molar-refractivity contribution in [2.24, 2.45) is 0 Å². The number of aliphatic hydroxyl groups is 2. The third-order valence-electron chi connectivity index (χ3n) is 4.12. The summed E-state index contributed by atoms with van der Waals surface area (Å²) in [4.78, 5) is 28.1. The molecule has 1 fully saturated rings. The van der Waals surface area contributed by atoms with Crippen LogP contribution in [0.1, 0.15) is 29.9 Å². The molecule has 2 heterocycles. The summed E-state index contributed by atoms with van der Waals surface area (Å²) in [5, 5.41) is 22.5. The normalized spacial score (nSPS) is 25.7. The van der Waals surface area contributed by atoms with E-state index in [1.165, 1.54) is 12.3 Å². The maximum Gasteiger partial charge on any atom is 0.351 e. The van der Waals surface area contributed by atoms with Crippen LogP contribution in [0.15, 0.2) is 47.4 Å². The summed E-state index contributed by atoms with van der Waals surface area (Å²) in [7, 11) is 0. The molecule has 1 amide bonds. The SMILES string of the molecule is CC[C@H]1O[C@@H](n2ccc(NC(=O)c3ccccc3)nc2=O)[C@@H](O)C1O. The molecule has 1 saturated heterocycles. The molecule has 0 bridgehead atoms. The van der Waals surface area contributed by atoms with E-state index < -0.39 is 30.2 Å². The zero-order valence-corrected chi connectivity index (χ0v) is 13.6. The van der Waals surface area contributed by atoms with Crippen molar-refractivity contribution >= 4 is 11.7 Å². The zero-order valence-electron chi connectivity index (χ0n) is 13.6. The van der Waals surface area contributed by atoms with Crippen LogP contribution in [0.2, 0.25) is 0 Å². The number of nitrogens with one attached hydrogen (secondary N) is 1. The second-order valence-corrected chi connectivity index (χ2v) is 5.78. The molecule has 1 aromatic carbocycles. The average molecular weight is 345 g/mol. The minimum absolute atomic E-state index is 0.0928. The van der Waals surface area contributed by atoms with Gasteiger partial charge in [-0.2, -0.15) is 4.98 Å². The molecule has 3 N–H and O–H groups in total. The molecule has 0 aliphatic carbocycles. The summed E-state index contributed by atoms with van der Waals surface area (Å²) < 4.78 is 6.63. The zero-order chi connectivity index (χ0) is 18.0. The summed E-state index contributed by atoms with van der Waals surface area (Å²) in [5.41, 5.74) is -0.254. The molecular weight excluding hydrogens is 326 g/mol. The molecule has 1 unspecified atom stereocenters. The summed E-state index contributed by atoms with van der Waals surface area (Å²) in [6.45, 7) is 1.81. The van der Waals surface area contributed by atoms with Crippen molar-refractivity contribution < 1.29 is 19.7 Å². The molecule has 8 nitrogen and oxygen atoms in total. The molecule has 0 spiro atoms. The first-order valence-electron chi connectivity index (χ1n) is 7.98. The highest BCUT2D eigenvalue weighted by Crippen LogP contribution is 2.29. The van der Waals surface area contributed by atoms with Crippen LogP contribution in [0.4, 0.5) is 5.82 Å². The molecule has 0 radical (unpaired) electrons. The second kappa shape index (κ2) is 7.14. The number of rotatable bonds is 4. The molecule has 1 aliphatic heterocycles. The van der Waals surface area contributed by atoms with Crippen LogP contribution >= 0.6 is 0 Å². The van der Waals surface area contributed by atoms with Crippen molar-refractivity contribution in [3.63, 3.8) is 0 Å². The van der Waals surface area contributed by atoms with Crippen LogP contribution < -0.4 is 11.0 Å². The minimum atomic E-state index is -1.23. The van der Waals surface area contributed by atoms with Crippen molar-refractivity contribution in [1.29, 1.82) is 0 Å². The topological polar surface area (TPSA) is 114 Å². The van der Waals surface area contributed by atoms with Gasteiger partial charge in [0.2, 0.25) is 0 Å². The van der Waals surface area contributed by atoms with Gasteiger partial charge < -0.3 is 20.3 Å². The molecule has 25 heavy (non-hydrogen) atoms. The Labute approximate surface area is 143 Å². The first kappa shape index (κ1) is 17.3. The number of aliphatic hydroxyl groups excluding tert-OH is 2. The summed E-state index contributed by atoms with van der Waals surface area (Å²) in [5.74, 6) is -0.293. The van der Waals surface area contributed by atoms with Crippen LogP contribution in [0.25, 0.3) is 0 Å². The van der Waals surface area contributed by atoms with Gasteiger partial charge in [0.15, 0.2) is 6.23 Å². The van der Waals surface area contributed by atoms with E-state index in [-0.39, 0.29) is 11.7 Å².